The van der Waals surface area contributed by atoms with Crippen molar-refractivity contribution in [1.82, 2.24) is 4.98 Å². The van der Waals surface area contributed by atoms with Crippen molar-refractivity contribution in [2.24, 2.45) is 0 Å². The summed E-state index contributed by atoms with van der Waals surface area (Å²) in [6.45, 7) is 0.717. The van der Waals surface area contributed by atoms with Gasteiger partial charge in [0.15, 0.2) is 0 Å². The van der Waals surface area contributed by atoms with Crippen LogP contribution in [0.15, 0.2) is 42.6 Å². The molecule has 0 aliphatic rings. The number of hydrogen-bond donors (Lipinski definition) is 1. The van der Waals surface area contributed by atoms with Crippen LogP contribution in [0.4, 0.5) is 18.9 Å². The Morgan fingerprint density at radius 3 is 2.36 bits per heavy atom. The molecule has 0 aliphatic heterocycles. The highest BCUT2D eigenvalue weighted by molar-refractivity contribution is 5.41. The van der Waals surface area contributed by atoms with Crippen LogP contribution in [0.5, 0.6) is 5.88 Å². The summed E-state index contributed by atoms with van der Waals surface area (Å²) in [5.74, 6) is 0.551. The lowest BCUT2D eigenvalue weighted by atomic mass is 10.1. The number of pyridine rings is 1. The van der Waals surface area contributed by atoms with Crippen LogP contribution in [-0.2, 0) is 12.6 Å². The number of rotatable bonds is 6. The minimum Gasteiger partial charge on any atom is -0.481 e. The number of aryl methyl sites for hydroxylation is 1. The molecular formula is C16H17F3N2O. The van der Waals surface area contributed by atoms with Crippen LogP contribution in [-0.4, -0.2) is 18.6 Å². The van der Waals surface area contributed by atoms with E-state index in [1.807, 2.05) is 6.07 Å². The van der Waals surface area contributed by atoms with Crippen LogP contribution >= 0.6 is 0 Å². The Morgan fingerprint density at radius 2 is 1.82 bits per heavy atom. The summed E-state index contributed by atoms with van der Waals surface area (Å²) < 4.78 is 42.3. The van der Waals surface area contributed by atoms with Gasteiger partial charge in [0.25, 0.3) is 0 Å². The molecule has 1 aromatic heterocycles. The quantitative estimate of drug-likeness (QED) is 0.814. The van der Waals surface area contributed by atoms with Gasteiger partial charge >= 0.3 is 6.18 Å². The lowest BCUT2D eigenvalue weighted by Gasteiger charge is -2.09. The minimum absolute atomic E-state index is 0.551. The molecule has 0 radical (unpaired) electrons. The summed E-state index contributed by atoms with van der Waals surface area (Å²) in [6, 6.07) is 8.92. The smallest absolute Gasteiger partial charge is 0.416 e. The van der Waals surface area contributed by atoms with Crippen LogP contribution in [0.2, 0.25) is 0 Å². The van der Waals surface area contributed by atoms with Crippen molar-refractivity contribution in [2.75, 3.05) is 19.0 Å². The summed E-state index contributed by atoms with van der Waals surface area (Å²) in [5.41, 5.74) is 1.16. The fourth-order valence-corrected chi connectivity index (χ4v) is 1.99. The number of ether oxygens (including phenoxy) is 1. The third kappa shape index (κ3) is 4.65. The molecule has 2 aromatic rings. The van der Waals surface area contributed by atoms with Crippen molar-refractivity contribution in [1.29, 1.82) is 0 Å². The summed E-state index contributed by atoms with van der Waals surface area (Å²) in [7, 11) is 1.56. The van der Waals surface area contributed by atoms with E-state index < -0.39 is 11.7 Å². The monoisotopic (exact) mass is 310 g/mol. The van der Waals surface area contributed by atoms with Crippen molar-refractivity contribution in [3.63, 3.8) is 0 Å². The number of hydrogen-bond acceptors (Lipinski definition) is 3. The number of halogens is 3. The van der Waals surface area contributed by atoms with E-state index in [1.165, 1.54) is 12.1 Å². The molecule has 0 saturated carbocycles. The van der Waals surface area contributed by atoms with Gasteiger partial charge in [-0.25, -0.2) is 4.98 Å². The van der Waals surface area contributed by atoms with E-state index in [1.54, 1.807) is 19.4 Å². The van der Waals surface area contributed by atoms with Gasteiger partial charge in [-0.15, -0.1) is 0 Å². The van der Waals surface area contributed by atoms with Gasteiger partial charge in [-0.1, -0.05) is 12.1 Å². The highest BCUT2D eigenvalue weighted by Gasteiger charge is 2.29. The highest BCUT2D eigenvalue weighted by atomic mass is 19.4. The SMILES string of the molecule is COc1ccc(NCCCc2ccc(C(F)(F)F)cc2)cn1. The molecule has 0 bridgehead atoms. The molecule has 0 spiro atoms. The summed E-state index contributed by atoms with van der Waals surface area (Å²) in [5, 5.41) is 3.20. The Hall–Kier alpha value is -2.24. The number of nitrogens with zero attached hydrogens (tertiary/aromatic N) is 1. The van der Waals surface area contributed by atoms with Crippen LogP contribution in [0.3, 0.4) is 0 Å². The Balaban J connectivity index is 1.76. The van der Waals surface area contributed by atoms with Gasteiger partial charge in [0.05, 0.1) is 24.6 Å². The molecule has 0 saturated heterocycles. The van der Waals surface area contributed by atoms with Gasteiger partial charge in [0.2, 0.25) is 5.88 Å². The second-order valence-electron chi connectivity index (χ2n) is 4.81. The molecule has 6 heteroatoms. The van der Waals surface area contributed by atoms with E-state index in [0.717, 1.165) is 36.3 Å². The first kappa shape index (κ1) is 16.1. The minimum atomic E-state index is -4.28. The first-order chi connectivity index (χ1) is 10.5. The Bertz CT molecular complexity index is 580. The van der Waals surface area contributed by atoms with Crippen LogP contribution in [0.1, 0.15) is 17.5 Å². The summed E-state index contributed by atoms with van der Waals surface area (Å²) >= 11 is 0. The molecule has 1 aromatic carbocycles. The number of benzene rings is 1. The van der Waals surface area contributed by atoms with Gasteiger partial charge in [-0.05, 0) is 36.6 Å². The molecule has 0 atom stereocenters. The zero-order chi connectivity index (χ0) is 16.0. The zero-order valence-corrected chi connectivity index (χ0v) is 12.2. The molecule has 1 N–H and O–H groups in total. The molecule has 0 fully saturated rings. The Morgan fingerprint density at radius 1 is 1.09 bits per heavy atom. The summed E-state index contributed by atoms with van der Waals surface area (Å²) in [4.78, 5) is 4.08. The maximum absolute atomic E-state index is 12.4. The van der Waals surface area contributed by atoms with Crippen molar-refractivity contribution >= 4 is 5.69 Å². The lowest BCUT2D eigenvalue weighted by molar-refractivity contribution is -0.137. The predicted molar refractivity (Wildman–Crippen MR) is 79.0 cm³/mol. The number of alkyl halides is 3. The largest absolute Gasteiger partial charge is 0.481 e. The molecule has 22 heavy (non-hydrogen) atoms. The van der Waals surface area contributed by atoms with Gasteiger partial charge < -0.3 is 10.1 Å². The molecule has 0 unspecified atom stereocenters. The third-order valence-corrected chi connectivity index (χ3v) is 3.20. The van der Waals surface area contributed by atoms with E-state index in [2.05, 4.69) is 10.3 Å². The molecule has 1 heterocycles. The van der Waals surface area contributed by atoms with Crippen LogP contribution in [0.25, 0.3) is 0 Å². The van der Waals surface area contributed by atoms with Gasteiger partial charge in [-0.3, -0.25) is 0 Å². The molecule has 118 valence electrons. The van der Waals surface area contributed by atoms with Crippen LogP contribution in [0, 0.1) is 0 Å². The second kappa shape index (κ2) is 7.15. The molecule has 0 aliphatic carbocycles. The molecule has 2 rings (SSSR count). The van der Waals surface area contributed by atoms with E-state index in [-0.39, 0.29) is 0 Å². The predicted octanol–water partition coefficient (Wildman–Crippen LogP) is 4.15. The zero-order valence-electron chi connectivity index (χ0n) is 12.2. The first-order valence-electron chi connectivity index (χ1n) is 6.89. The van der Waals surface area contributed by atoms with Gasteiger partial charge in [0, 0.05) is 12.6 Å². The van der Waals surface area contributed by atoms with E-state index >= 15 is 0 Å². The molecule has 3 nitrogen and oxygen atoms in total. The highest BCUT2D eigenvalue weighted by Crippen LogP contribution is 2.29. The van der Waals surface area contributed by atoms with Crippen molar-refractivity contribution in [3.05, 3.63) is 53.7 Å². The average Bonchev–Trinajstić information content (AvgIpc) is 2.52. The van der Waals surface area contributed by atoms with Crippen LogP contribution < -0.4 is 10.1 Å². The number of nitrogens with one attached hydrogen (secondary N) is 1. The third-order valence-electron chi connectivity index (χ3n) is 3.20. The molecule has 0 amide bonds. The Kier molecular flexibility index (Phi) is 5.25. The average molecular weight is 310 g/mol. The van der Waals surface area contributed by atoms with Crippen molar-refractivity contribution < 1.29 is 17.9 Å². The fourth-order valence-electron chi connectivity index (χ4n) is 1.99. The maximum atomic E-state index is 12.4. The number of anilines is 1. The second-order valence-corrected chi connectivity index (χ2v) is 4.81. The van der Waals surface area contributed by atoms with Crippen molar-refractivity contribution in [2.45, 2.75) is 19.0 Å². The summed E-state index contributed by atoms with van der Waals surface area (Å²) in [6.07, 6.45) is -1.06. The van der Waals surface area contributed by atoms with E-state index in [0.29, 0.717) is 12.3 Å². The van der Waals surface area contributed by atoms with E-state index in [9.17, 15) is 13.2 Å². The van der Waals surface area contributed by atoms with Crippen molar-refractivity contribution in [3.8, 4) is 5.88 Å². The topological polar surface area (TPSA) is 34.1 Å². The first-order valence-corrected chi connectivity index (χ1v) is 6.89. The maximum Gasteiger partial charge on any atom is 0.416 e. The van der Waals surface area contributed by atoms with Gasteiger partial charge in [0.1, 0.15) is 0 Å². The normalized spacial score (nSPS) is 11.3. The Labute approximate surface area is 127 Å². The lowest BCUT2D eigenvalue weighted by Crippen LogP contribution is -2.05. The van der Waals surface area contributed by atoms with E-state index in [4.69, 9.17) is 4.74 Å². The fraction of sp³-hybridized carbons (Fsp3) is 0.312. The number of methoxy groups -OCH3 is 1. The molecular weight excluding hydrogens is 293 g/mol. The number of aromatic nitrogens is 1. The van der Waals surface area contributed by atoms with Gasteiger partial charge in [-0.2, -0.15) is 13.2 Å². The standard InChI is InChI=1S/C16H17F3N2O/c1-22-15-9-8-14(11-21-15)20-10-2-3-12-4-6-13(7-5-12)16(17,18)19/h4-9,11,20H,2-3,10H2,1H3.